The van der Waals surface area contributed by atoms with Crippen LogP contribution in [0.3, 0.4) is 0 Å². The summed E-state index contributed by atoms with van der Waals surface area (Å²) < 4.78 is 1.17. The van der Waals surface area contributed by atoms with Gasteiger partial charge in [-0.2, -0.15) is 0 Å². The van der Waals surface area contributed by atoms with E-state index in [1.54, 1.807) is 17.4 Å². The van der Waals surface area contributed by atoms with Crippen molar-refractivity contribution in [3.63, 3.8) is 0 Å². The van der Waals surface area contributed by atoms with Gasteiger partial charge in [0.15, 0.2) is 0 Å². The predicted octanol–water partition coefficient (Wildman–Crippen LogP) is 5.47. The molecule has 0 atom stereocenters. The third kappa shape index (κ3) is 2.26. The largest absolute Gasteiger partial charge is 0.397 e. The molecule has 1 heterocycles. The number of benzene rings is 2. The highest BCUT2D eigenvalue weighted by molar-refractivity contribution is 7.21. The van der Waals surface area contributed by atoms with Crippen molar-refractivity contribution in [2.45, 2.75) is 13.8 Å². The van der Waals surface area contributed by atoms with Crippen LogP contribution in [0, 0.1) is 13.8 Å². The fourth-order valence-electron chi connectivity index (χ4n) is 2.23. The Morgan fingerprint density at radius 3 is 2.55 bits per heavy atom. The van der Waals surface area contributed by atoms with Crippen LogP contribution in [0.2, 0.25) is 10.0 Å². The van der Waals surface area contributed by atoms with Crippen LogP contribution in [0.4, 0.5) is 5.69 Å². The van der Waals surface area contributed by atoms with Gasteiger partial charge >= 0.3 is 0 Å². The van der Waals surface area contributed by atoms with Gasteiger partial charge in [0.1, 0.15) is 5.01 Å². The molecule has 0 spiro atoms. The number of hydrogen-bond donors (Lipinski definition) is 1. The quantitative estimate of drug-likeness (QED) is 0.603. The Morgan fingerprint density at radius 1 is 1.10 bits per heavy atom. The Balaban J connectivity index is 2.22. The zero-order chi connectivity index (χ0) is 14.4. The molecule has 0 saturated carbocycles. The molecule has 0 unspecified atom stereocenters. The number of halogens is 2. The molecule has 2 nitrogen and oxygen atoms in total. The highest BCUT2D eigenvalue weighted by Gasteiger charge is 2.12. The van der Waals surface area contributed by atoms with E-state index in [1.807, 2.05) is 6.07 Å². The summed E-state index contributed by atoms with van der Waals surface area (Å²) in [7, 11) is 0. The average Bonchev–Trinajstić information content (AvgIpc) is 2.79. The number of thiazole rings is 1. The van der Waals surface area contributed by atoms with Crippen molar-refractivity contribution in [1.29, 1.82) is 0 Å². The first kappa shape index (κ1) is 13.7. The molecular weight excluding hydrogens is 311 g/mol. The van der Waals surface area contributed by atoms with Crippen molar-refractivity contribution in [3.05, 3.63) is 45.4 Å². The van der Waals surface area contributed by atoms with Crippen molar-refractivity contribution in [3.8, 4) is 10.6 Å². The fourth-order valence-corrected chi connectivity index (χ4v) is 3.69. The lowest BCUT2D eigenvalue weighted by atomic mass is 10.1. The summed E-state index contributed by atoms with van der Waals surface area (Å²) in [6.45, 7) is 4.16. The van der Waals surface area contributed by atoms with Gasteiger partial charge < -0.3 is 5.73 Å². The third-order valence-corrected chi connectivity index (χ3v) is 5.00. The maximum atomic E-state index is 6.09. The van der Waals surface area contributed by atoms with Crippen molar-refractivity contribution in [2.75, 3.05) is 5.73 Å². The van der Waals surface area contributed by atoms with Gasteiger partial charge in [0.05, 0.1) is 25.9 Å². The molecule has 2 aromatic carbocycles. The molecule has 1 aromatic heterocycles. The van der Waals surface area contributed by atoms with E-state index < -0.39 is 0 Å². The summed E-state index contributed by atoms with van der Waals surface area (Å²) in [6, 6.07) is 7.90. The molecule has 0 radical (unpaired) electrons. The van der Waals surface area contributed by atoms with Gasteiger partial charge in [0.25, 0.3) is 0 Å². The zero-order valence-corrected chi connectivity index (χ0v) is 13.3. The topological polar surface area (TPSA) is 38.9 Å². The van der Waals surface area contributed by atoms with Crippen molar-refractivity contribution in [1.82, 2.24) is 4.98 Å². The normalized spacial score (nSPS) is 11.2. The first-order valence-electron chi connectivity index (χ1n) is 6.08. The van der Waals surface area contributed by atoms with Crippen LogP contribution in [-0.4, -0.2) is 4.98 Å². The maximum Gasteiger partial charge on any atom is 0.124 e. The SMILES string of the molecule is Cc1cc(C)c2nc(-c3cc(N)c(Cl)c(Cl)c3)sc2c1. The smallest absolute Gasteiger partial charge is 0.124 e. The molecule has 0 aliphatic heterocycles. The highest BCUT2D eigenvalue weighted by Crippen LogP contribution is 2.37. The van der Waals surface area contributed by atoms with Gasteiger partial charge in [-0.25, -0.2) is 4.98 Å². The molecule has 3 rings (SSSR count). The Morgan fingerprint density at radius 2 is 1.85 bits per heavy atom. The van der Waals surface area contributed by atoms with Crippen molar-refractivity contribution < 1.29 is 0 Å². The molecule has 0 amide bonds. The first-order valence-corrected chi connectivity index (χ1v) is 7.65. The molecule has 3 aromatic rings. The predicted molar refractivity (Wildman–Crippen MR) is 89.0 cm³/mol. The summed E-state index contributed by atoms with van der Waals surface area (Å²) in [5.74, 6) is 0. The van der Waals surface area contributed by atoms with E-state index in [2.05, 4.69) is 26.0 Å². The molecule has 2 N–H and O–H groups in total. The van der Waals surface area contributed by atoms with E-state index in [9.17, 15) is 0 Å². The van der Waals surface area contributed by atoms with Crippen LogP contribution in [0.25, 0.3) is 20.8 Å². The van der Waals surface area contributed by atoms with Crippen LogP contribution in [0.5, 0.6) is 0 Å². The van der Waals surface area contributed by atoms with Gasteiger partial charge in [-0.3, -0.25) is 0 Å². The van der Waals surface area contributed by atoms with Crippen LogP contribution < -0.4 is 5.73 Å². The maximum absolute atomic E-state index is 6.09. The fraction of sp³-hybridized carbons (Fsp3) is 0.133. The summed E-state index contributed by atoms with van der Waals surface area (Å²) in [4.78, 5) is 4.70. The second-order valence-electron chi connectivity index (χ2n) is 4.81. The Hall–Kier alpha value is -1.29. The Kier molecular flexibility index (Phi) is 3.36. The second kappa shape index (κ2) is 4.92. The molecule has 20 heavy (non-hydrogen) atoms. The molecule has 0 aliphatic carbocycles. The monoisotopic (exact) mass is 322 g/mol. The number of anilines is 1. The van der Waals surface area contributed by atoms with Crippen LogP contribution >= 0.6 is 34.5 Å². The highest BCUT2D eigenvalue weighted by atomic mass is 35.5. The molecule has 5 heteroatoms. The second-order valence-corrected chi connectivity index (χ2v) is 6.62. The number of nitrogens with zero attached hydrogens (tertiary/aromatic N) is 1. The Bertz CT molecular complexity index is 801. The summed E-state index contributed by atoms with van der Waals surface area (Å²) in [5.41, 5.74) is 10.7. The molecule has 0 bridgehead atoms. The van der Waals surface area contributed by atoms with Gasteiger partial charge in [0.2, 0.25) is 0 Å². The van der Waals surface area contributed by atoms with E-state index in [1.165, 1.54) is 15.8 Å². The lowest BCUT2D eigenvalue weighted by molar-refractivity contribution is 1.38. The number of rotatable bonds is 1. The number of nitrogens with two attached hydrogens (primary N) is 1. The molecule has 0 aliphatic rings. The summed E-state index contributed by atoms with van der Waals surface area (Å²) in [5, 5.41) is 1.75. The minimum absolute atomic E-state index is 0.392. The molecule has 0 saturated heterocycles. The van der Waals surface area contributed by atoms with E-state index in [0.29, 0.717) is 15.7 Å². The summed E-state index contributed by atoms with van der Waals surface area (Å²) in [6.07, 6.45) is 0. The van der Waals surface area contributed by atoms with E-state index in [-0.39, 0.29) is 0 Å². The molecule has 0 fully saturated rings. The van der Waals surface area contributed by atoms with Crippen molar-refractivity contribution >= 4 is 50.4 Å². The van der Waals surface area contributed by atoms with Crippen LogP contribution in [0.15, 0.2) is 24.3 Å². The van der Waals surface area contributed by atoms with Gasteiger partial charge in [-0.1, -0.05) is 29.3 Å². The van der Waals surface area contributed by atoms with E-state index >= 15 is 0 Å². The summed E-state index contributed by atoms with van der Waals surface area (Å²) >= 11 is 13.7. The Labute approximate surface area is 131 Å². The average molecular weight is 323 g/mol. The number of aromatic nitrogens is 1. The number of aryl methyl sites for hydroxylation is 2. The number of fused-ring (bicyclic) bond motifs is 1. The van der Waals surface area contributed by atoms with Crippen LogP contribution in [-0.2, 0) is 0 Å². The van der Waals surface area contributed by atoms with E-state index in [0.717, 1.165) is 16.1 Å². The lowest BCUT2D eigenvalue weighted by Crippen LogP contribution is -1.88. The van der Waals surface area contributed by atoms with Gasteiger partial charge in [0, 0.05) is 5.56 Å². The molecular formula is C15H12Cl2N2S. The van der Waals surface area contributed by atoms with Gasteiger partial charge in [-0.05, 0) is 43.2 Å². The first-order chi connectivity index (χ1) is 9.45. The lowest BCUT2D eigenvalue weighted by Gasteiger charge is -2.03. The van der Waals surface area contributed by atoms with E-state index in [4.69, 9.17) is 33.9 Å². The van der Waals surface area contributed by atoms with Crippen molar-refractivity contribution in [2.24, 2.45) is 0 Å². The van der Waals surface area contributed by atoms with Crippen LogP contribution in [0.1, 0.15) is 11.1 Å². The zero-order valence-electron chi connectivity index (χ0n) is 11.0. The third-order valence-electron chi connectivity index (χ3n) is 3.13. The minimum atomic E-state index is 0.392. The van der Waals surface area contributed by atoms with Gasteiger partial charge in [-0.15, -0.1) is 11.3 Å². The standard InChI is InChI=1S/C15H12Cl2N2S/c1-7-3-8(2)14-12(4-7)20-15(19-14)9-5-10(16)13(17)11(18)6-9/h3-6H,18H2,1-2H3. The number of hydrogen-bond acceptors (Lipinski definition) is 3. The number of nitrogen functional groups attached to an aromatic ring is 1. The minimum Gasteiger partial charge on any atom is -0.397 e. The molecule has 102 valence electrons.